The molecule has 0 saturated carbocycles. The molecule has 0 radical (unpaired) electrons. The Kier molecular flexibility index (Phi) is 8.73. The first-order valence-corrected chi connectivity index (χ1v) is 7.64. The van der Waals surface area contributed by atoms with E-state index in [1.807, 2.05) is 6.92 Å². The minimum atomic E-state index is -1.62. The van der Waals surface area contributed by atoms with E-state index in [9.17, 15) is 18.0 Å². The first-order chi connectivity index (χ1) is 11.5. The van der Waals surface area contributed by atoms with Gasteiger partial charge in [-0.05, 0) is 31.9 Å². The molecule has 2 rings (SSSR count). The molecule has 138 valence electrons. The van der Waals surface area contributed by atoms with Gasteiger partial charge >= 0.3 is 0 Å². The van der Waals surface area contributed by atoms with Crippen LogP contribution in [-0.4, -0.2) is 31.0 Å². The highest BCUT2D eigenvalue weighted by atomic mass is 127. The van der Waals surface area contributed by atoms with Crippen molar-refractivity contribution in [3.63, 3.8) is 0 Å². The second-order valence-electron chi connectivity index (χ2n) is 5.25. The van der Waals surface area contributed by atoms with Crippen LogP contribution in [0.25, 0.3) is 0 Å². The Morgan fingerprint density at radius 1 is 1.20 bits per heavy atom. The lowest BCUT2D eigenvalue weighted by Gasteiger charge is -2.16. The smallest absolute Gasteiger partial charge is 0.246 e. The summed E-state index contributed by atoms with van der Waals surface area (Å²) in [6, 6.07) is 1.92. The van der Waals surface area contributed by atoms with Crippen molar-refractivity contribution in [3.05, 3.63) is 41.7 Å². The molecular weight excluding hydrogens is 448 g/mol. The molecule has 9 heteroatoms. The quantitative estimate of drug-likeness (QED) is 0.205. The summed E-state index contributed by atoms with van der Waals surface area (Å²) < 4.78 is 39.5. The van der Waals surface area contributed by atoms with Gasteiger partial charge in [0.2, 0.25) is 5.91 Å². The summed E-state index contributed by atoms with van der Waals surface area (Å²) in [5, 5.41) is 8.35. The maximum atomic E-state index is 13.5. The van der Waals surface area contributed by atoms with E-state index in [0.29, 0.717) is 12.5 Å². The molecule has 1 aliphatic carbocycles. The molecule has 0 heterocycles. The van der Waals surface area contributed by atoms with Crippen LogP contribution in [0.3, 0.4) is 0 Å². The Hall–Kier alpha value is -1.78. The van der Waals surface area contributed by atoms with Crippen molar-refractivity contribution in [2.24, 2.45) is 4.99 Å². The highest BCUT2D eigenvalue weighted by Crippen LogP contribution is 2.19. The van der Waals surface area contributed by atoms with Gasteiger partial charge in [-0.1, -0.05) is 12.2 Å². The number of anilines is 1. The molecule has 1 aromatic carbocycles. The first-order valence-electron chi connectivity index (χ1n) is 7.64. The maximum Gasteiger partial charge on any atom is 0.246 e. The number of hydrogen-bond acceptors (Lipinski definition) is 2. The summed E-state index contributed by atoms with van der Waals surface area (Å²) in [7, 11) is 0. The lowest BCUT2D eigenvalue weighted by Crippen LogP contribution is -2.43. The third kappa shape index (κ3) is 6.22. The van der Waals surface area contributed by atoms with E-state index in [1.165, 1.54) is 0 Å². The van der Waals surface area contributed by atoms with Crippen molar-refractivity contribution >= 4 is 41.5 Å². The monoisotopic (exact) mass is 468 g/mol. The fourth-order valence-corrected chi connectivity index (χ4v) is 2.21. The molecule has 25 heavy (non-hydrogen) atoms. The number of nitrogens with zero attached hydrogens (tertiary/aromatic N) is 1. The number of rotatable bonds is 5. The standard InChI is InChI=1S/C16H19F3N4O.HI/c1-2-20-16(22-10-5-3-4-6-10)21-9-13(24)23-12-8-7-11(17)14(18)15(12)19;/h3-4,7-8,10H,2,5-6,9H2,1H3,(H,23,24)(H2,20,21,22);1H. The zero-order valence-corrected chi connectivity index (χ0v) is 15.9. The normalized spacial score (nSPS) is 14.2. The lowest BCUT2D eigenvalue weighted by molar-refractivity contribution is -0.114. The molecule has 0 saturated heterocycles. The molecule has 0 aliphatic heterocycles. The number of nitrogens with one attached hydrogen (secondary N) is 3. The molecular formula is C16H20F3IN4O. The van der Waals surface area contributed by atoms with Crippen LogP contribution < -0.4 is 16.0 Å². The molecule has 0 fully saturated rings. The van der Waals surface area contributed by atoms with Crippen molar-refractivity contribution in [1.29, 1.82) is 0 Å². The van der Waals surface area contributed by atoms with Gasteiger partial charge < -0.3 is 16.0 Å². The Bertz CT molecular complexity index is 659. The number of benzene rings is 1. The minimum Gasteiger partial charge on any atom is -0.357 e. The van der Waals surface area contributed by atoms with Crippen LogP contribution in [0, 0.1) is 17.5 Å². The van der Waals surface area contributed by atoms with E-state index in [-0.39, 0.29) is 36.6 Å². The van der Waals surface area contributed by atoms with Crippen molar-refractivity contribution in [3.8, 4) is 0 Å². The highest BCUT2D eigenvalue weighted by molar-refractivity contribution is 14.0. The predicted octanol–water partition coefficient (Wildman–Crippen LogP) is 2.93. The molecule has 0 atom stereocenters. The van der Waals surface area contributed by atoms with Crippen molar-refractivity contribution in [1.82, 2.24) is 10.6 Å². The fraction of sp³-hybridized carbons (Fsp3) is 0.375. The maximum absolute atomic E-state index is 13.5. The van der Waals surface area contributed by atoms with E-state index in [4.69, 9.17) is 0 Å². The van der Waals surface area contributed by atoms with E-state index in [2.05, 4.69) is 33.1 Å². The van der Waals surface area contributed by atoms with Gasteiger partial charge in [-0.15, -0.1) is 24.0 Å². The average Bonchev–Trinajstić information content (AvgIpc) is 3.06. The van der Waals surface area contributed by atoms with Gasteiger partial charge in [0.15, 0.2) is 23.4 Å². The molecule has 0 aromatic heterocycles. The summed E-state index contributed by atoms with van der Waals surface area (Å²) >= 11 is 0. The number of carbonyl (C=O) groups is 1. The van der Waals surface area contributed by atoms with E-state index >= 15 is 0 Å². The summed E-state index contributed by atoms with van der Waals surface area (Å²) in [6.07, 6.45) is 5.85. The van der Waals surface area contributed by atoms with Gasteiger partial charge in [0.05, 0.1) is 5.69 Å². The lowest BCUT2D eigenvalue weighted by atomic mass is 10.2. The molecule has 0 unspecified atom stereocenters. The molecule has 3 N–H and O–H groups in total. The third-order valence-corrected chi connectivity index (χ3v) is 3.38. The summed E-state index contributed by atoms with van der Waals surface area (Å²) in [5.41, 5.74) is -0.424. The zero-order valence-electron chi connectivity index (χ0n) is 13.6. The van der Waals surface area contributed by atoms with Crippen LogP contribution in [0.2, 0.25) is 0 Å². The van der Waals surface area contributed by atoms with Gasteiger partial charge in [0.25, 0.3) is 0 Å². The second-order valence-corrected chi connectivity index (χ2v) is 5.25. The minimum absolute atomic E-state index is 0. The Labute approximate surface area is 161 Å². The Morgan fingerprint density at radius 2 is 1.88 bits per heavy atom. The van der Waals surface area contributed by atoms with Crippen molar-refractivity contribution < 1.29 is 18.0 Å². The topological polar surface area (TPSA) is 65.5 Å². The van der Waals surface area contributed by atoms with Crippen LogP contribution in [0.4, 0.5) is 18.9 Å². The van der Waals surface area contributed by atoms with Gasteiger partial charge in [0, 0.05) is 12.6 Å². The number of hydrogen-bond donors (Lipinski definition) is 3. The van der Waals surface area contributed by atoms with Gasteiger partial charge in [0.1, 0.15) is 6.54 Å². The van der Waals surface area contributed by atoms with Crippen LogP contribution in [0.5, 0.6) is 0 Å². The van der Waals surface area contributed by atoms with E-state index in [0.717, 1.165) is 25.0 Å². The summed E-state index contributed by atoms with van der Waals surface area (Å²) in [4.78, 5) is 15.9. The van der Waals surface area contributed by atoms with Gasteiger partial charge in [-0.2, -0.15) is 0 Å². The molecule has 0 bridgehead atoms. The molecule has 0 spiro atoms. The van der Waals surface area contributed by atoms with E-state index < -0.39 is 29.0 Å². The van der Waals surface area contributed by atoms with Crippen LogP contribution in [0.1, 0.15) is 19.8 Å². The van der Waals surface area contributed by atoms with Crippen molar-refractivity contribution in [2.75, 3.05) is 18.4 Å². The SMILES string of the molecule is CCNC(=NCC(=O)Nc1ccc(F)c(F)c1F)NC1CC=CC1.I. The summed E-state index contributed by atoms with van der Waals surface area (Å²) in [5.74, 6) is -4.55. The number of aliphatic imine (C=N–C) groups is 1. The van der Waals surface area contributed by atoms with Crippen molar-refractivity contribution in [2.45, 2.75) is 25.8 Å². The summed E-state index contributed by atoms with van der Waals surface area (Å²) in [6.45, 7) is 2.22. The van der Waals surface area contributed by atoms with Crippen LogP contribution >= 0.6 is 24.0 Å². The predicted molar refractivity (Wildman–Crippen MR) is 102 cm³/mol. The Morgan fingerprint density at radius 3 is 2.52 bits per heavy atom. The molecule has 1 aliphatic rings. The number of amides is 1. The van der Waals surface area contributed by atoms with E-state index in [1.54, 1.807) is 0 Å². The third-order valence-electron chi connectivity index (χ3n) is 3.38. The number of halogens is 4. The number of guanidine groups is 1. The van der Waals surface area contributed by atoms with Crippen LogP contribution in [-0.2, 0) is 4.79 Å². The zero-order chi connectivity index (χ0) is 17.5. The van der Waals surface area contributed by atoms with Gasteiger partial charge in [-0.3, -0.25) is 4.79 Å². The molecule has 1 aromatic rings. The first kappa shape index (κ1) is 21.3. The highest BCUT2D eigenvalue weighted by Gasteiger charge is 2.15. The Balaban J connectivity index is 0.00000312. The van der Waals surface area contributed by atoms with Crippen LogP contribution in [0.15, 0.2) is 29.3 Å². The number of carbonyl (C=O) groups excluding carboxylic acids is 1. The average molecular weight is 468 g/mol. The second kappa shape index (κ2) is 10.3. The van der Waals surface area contributed by atoms with Gasteiger partial charge in [-0.25, -0.2) is 18.2 Å². The largest absolute Gasteiger partial charge is 0.357 e. The molecule has 5 nitrogen and oxygen atoms in total. The molecule has 1 amide bonds. The fourth-order valence-electron chi connectivity index (χ4n) is 2.21.